The average Bonchev–Trinajstić information content (AvgIpc) is 2.44. The van der Waals surface area contributed by atoms with Crippen LogP contribution in [0.2, 0.25) is 0 Å². The SMILES string of the molecule is O[C@H]1CCCN(CCOCCOc2ccccc2)C1. The number of para-hydroxylation sites is 1. The molecule has 4 nitrogen and oxygen atoms in total. The van der Waals surface area contributed by atoms with E-state index in [4.69, 9.17) is 9.47 Å². The van der Waals surface area contributed by atoms with E-state index < -0.39 is 0 Å². The Morgan fingerprint density at radius 3 is 2.79 bits per heavy atom. The zero-order valence-corrected chi connectivity index (χ0v) is 11.3. The number of hydrogen-bond acceptors (Lipinski definition) is 4. The number of nitrogens with zero attached hydrogens (tertiary/aromatic N) is 1. The maximum Gasteiger partial charge on any atom is 0.119 e. The number of ether oxygens (including phenoxy) is 2. The van der Waals surface area contributed by atoms with Crippen LogP contribution in [0.1, 0.15) is 12.8 Å². The van der Waals surface area contributed by atoms with Gasteiger partial charge in [-0.15, -0.1) is 0 Å². The van der Waals surface area contributed by atoms with Gasteiger partial charge in [-0.3, -0.25) is 4.90 Å². The Balaban J connectivity index is 1.48. The monoisotopic (exact) mass is 265 g/mol. The molecule has 1 atom stereocenters. The van der Waals surface area contributed by atoms with Crippen molar-refractivity contribution < 1.29 is 14.6 Å². The third kappa shape index (κ3) is 5.59. The van der Waals surface area contributed by atoms with E-state index in [1.807, 2.05) is 30.3 Å². The first-order valence-corrected chi connectivity index (χ1v) is 7.00. The van der Waals surface area contributed by atoms with Crippen molar-refractivity contribution in [3.8, 4) is 5.75 Å². The van der Waals surface area contributed by atoms with Gasteiger partial charge in [0.2, 0.25) is 0 Å². The summed E-state index contributed by atoms with van der Waals surface area (Å²) in [6.07, 6.45) is 1.86. The highest BCUT2D eigenvalue weighted by molar-refractivity contribution is 5.20. The Bertz CT molecular complexity index is 345. The van der Waals surface area contributed by atoms with Gasteiger partial charge in [0.05, 0.1) is 19.3 Å². The van der Waals surface area contributed by atoms with E-state index in [2.05, 4.69) is 4.90 Å². The lowest BCUT2D eigenvalue weighted by molar-refractivity contribution is 0.0387. The maximum absolute atomic E-state index is 9.54. The Kier molecular flexibility index (Phi) is 6.14. The molecule has 2 rings (SSSR count). The molecule has 1 N–H and O–H groups in total. The summed E-state index contributed by atoms with van der Waals surface area (Å²) in [6.45, 7) is 4.62. The van der Waals surface area contributed by atoms with Gasteiger partial charge in [0.1, 0.15) is 12.4 Å². The lowest BCUT2D eigenvalue weighted by Gasteiger charge is -2.29. The van der Waals surface area contributed by atoms with E-state index >= 15 is 0 Å². The van der Waals surface area contributed by atoms with Crippen LogP contribution in [0.4, 0.5) is 0 Å². The third-order valence-corrected chi connectivity index (χ3v) is 3.27. The highest BCUT2D eigenvalue weighted by Gasteiger charge is 2.16. The van der Waals surface area contributed by atoms with Crippen LogP contribution in [0.25, 0.3) is 0 Å². The summed E-state index contributed by atoms with van der Waals surface area (Å²) in [6, 6.07) is 9.76. The standard InChI is InChI=1S/C15H23NO3/c17-14-5-4-8-16(13-14)9-10-18-11-12-19-15-6-2-1-3-7-15/h1-3,6-7,14,17H,4-5,8-13H2/t14-/m0/s1. The van der Waals surface area contributed by atoms with Crippen molar-refractivity contribution in [1.29, 1.82) is 0 Å². The van der Waals surface area contributed by atoms with E-state index in [1.54, 1.807) is 0 Å². The molecule has 0 amide bonds. The summed E-state index contributed by atoms with van der Waals surface area (Å²) in [5, 5.41) is 9.54. The molecule has 1 saturated heterocycles. The molecule has 1 heterocycles. The predicted octanol–water partition coefficient (Wildman–Crippen LogP) is 1.54. The molecule has 0 radical (unpaired) electrons. The zero-order chi connectivity index (χ0) is 13.3. The molecule has 106 valence electrons. The van der Waals surface area contributed by atoms with Crippen molar-refractivity contribution in [3.63, 3.8) is 0 Å². The van der Waals surface area contributed by atoms with Crippen LogP contribution in [-0.4, -0.2) is 55.6 Å². The van der Waals surface area contributed by atoms with Crippen LogP contribution in [0.5, 0.6) is 5.75 Å². The first-order valence-electron chi connectivity index (χ1n) is 7.00. The van der Waals surface area contributed by atoms with Gasteiger partial charge in [-0.2, -0.15) is 0 Å². The normalized spacial score (nSPS) is 20.4. The molecule has 1 aliphatic rings. The van der Waals surface area contributed by atoms with E-state index in [0.717, 1.165) is 38.2 Å². The largest absolute Gasteiger partial charge is 0.491 e. The second-order valence-corrected chi connectivity index (χ2v) is 4.87. The number of rotatable bonds is 7. The summed E-state index contributed by atoms with van der Waals surface area (Å²) in [7, 11) is 0. The fourth-order valence-electron chi connectivity index (χ4n) is 2.27. The molecule has 1 aliphatic heterocycles. The fourth-order valence-corrected chi connectivity index (χ4v) is 2.27. The van der Waals surface area contributed by atoms with Crippen molar-refractivity contribution >= 4 is 0 Å². The molecular weight excluding hydrogens is 242 g/mol. The fraction of sp³-hybridized carbons (Fsp3) is 0.600. The minimum absolute atomic E-state index is 0.157. The number of aliphatic hydroxyl groups excluding tert-OH is 1. The highest BCUT2D eigenvalue weighted by atomic mass is 16.5. The van der Waals surface area contributed by atoms with Gasteiger partial charge in [0, 0.05) is 13.1 Å². The lowest BCUT2D eigenvalue weighted by atomic mass is 10.1. The Morgan fingerprint density at radius 1 is 1.16 bits per heavy atom. The number of hydrogen-bond donors (Lipinski definition) is 1. The van der Waals surface area contributed by atoms with Gasteiger partial charge >= 0.3 is 0 Å². The van der Waals surface area contributed by atoms with Gasteiger partial charge in [-0.05, 0) is 31.5 Å². The second-order valence-electron chi connectivity index (χ2n) is 4.87. The molecule has 0 saturated carbocycles. The number of aliphatic hydroxyl groups is 1. The quantitative estimate of drug-likeness (QED) is 0.759. The molecule has 0 aromatic heterocycles. The Hall–Kier alpha value is -1.10. The zero-order valence-electron chi connectivity index (χ0n) is 11.3. The molecular formula is C15H23NO3. The van der Waals surface area contributed by atoms with Crippen LogP contribution in [0.15, 0.2) is 30.3 Å². The van der Waals surface area contributed by atoms with Gasteiger partial charge in [0.25, 0.3) is 0 Å². The maximum atomic E-state index is 9.54. The molecule has 1 aromatic rings. The van der Waals surface area contributed by atoms with Crippen molar-refractivity contribution in [3.05, 3.63) is 30.3 Å². The molecule has 0 spiro atoms. The predicted molar refractivity (Wildman–Crippen MR) is 74.4 cm³/mol. The number of benzene rings is 1. The van der Waals surface area contributed by atoms with E-state index in [1.165, 1.54) is 0 Å². The van der Waals surface area contributed by atoms with Crippen LogP contribution in [-0.2, 0) is 4.74 Å². The van der Waals surface area contributed by atoms with Gasteiger partial charge < -0.3 is 14.6 Å². The molecule has 0 unspecified atom stereocenters. The minimum Gasteiger partial charge on any atom is -0.491 e. The van der Waals surface area contributed by atoms with E-state index in [9.17, 15) is 5.11 Å². The van der Waals surface area contributed by atoms with Gasteiger partial charge in [0.15, 0.2) is 0 Å². The third-order valence-electron chi connectivity index (χ3n) is 3.27. The molecule has 1 fully saturated rings. The Labute approximate surface area is 114 Å². The first kappa shape index (κ1) is 14.3. The smallest absolute Gasteiger partial charge is 0.119 e. The second kappa shape index (κ2) is 8.15. The number of piperidine rings is 1. The Morgan fingerprint density at radius 2 is 2.00 bits per heavy atom. The molecule has 0 aliphatic carbocycles. The summed E-state index contributed by atoms with van der Waals surface area (Å²) in [5.74, 6) is 0.880. The molecule has 4 heteroatoms. The topological polar surface area (TPSA) is 41.9 Å². The van der Waals surface area contributed by atoms with Crippen molar-refractivity contribution in [1.82, 2.24) is 4.90 Å². The van der Waals surface area contributed by atoms with E-state index in [-0.39, 0.29) is 6.10 Å². The van der Waals surface area contributed by atoms with Crippen molar-refractivity contribution in [2.75, 3.05) is 39.5 Å². The van der Waals surface area contributed by atoms with Gasteiger partial charge in [-0.25, -0.2) is 0 Å². The summed E-state index contributed by atoms with van der Waals surface area (Å²) >= 11 is 0. The molecule has 0 bridgehead atoms. The number of likely N-dealkylation sites (tertiary alicyclic amines) is 1. The van der Waals surface area contributed by atoms with Crippen LogP contribution in [0, 0.1) is 0 Å². The van der Waals surface area contributed by atoms with Crippen molar-refractivity contribution in [2.24, 2.45) is 0 Å². The molecule has 19 heavy (non-hydrogen) atoms. The van der Waals surface area contributed by atoms with E-state index in [0.29, 0.717) is 19.8 Å². The first-order chi connectivity index (χ1) is 9.34. The highest BCUT2D eigenvalue weighted by Crippen LogP contribution is 2.09. The summed E-state index contributed by atoms with van der Waals surface area (Å²) in [4.78, 5) is 2.26. The van der Waals surface area contributed by atoms with Crippen LogP contribution >= 0.6 is 0 Å². The van der Waals surface area contributed by atoms with Crippen LogP contribution in [0.3, 0.4) is 0 Å². The average molecular weight is 265 g/mol. The lowest BCUT2D eigenvalue weighted by Crippen LogP contribution is -2.40. The number of β-amino-alcohol motifs (C(OH)–C–C–N with tert-alkyl or cyclic N) is 1. The summed E-state index contributed by atoms with van der Waals surface area (Å²) in [5.41, 5.74) is 0. The summed E-state index contributed by atoms with van der Waals surface area (Å²) < 4.78 is 11.1. The minimum atomic E-state index is -0.157. The van der Waals surface area contributed by atoms with Crippen LogP contribution < -0.4 is 4.74 Å². The molecule has 1 aromatic carbocycles. The van der Waals surface area contributed by atoms with Crippen molar-refractivity contribution in [2.45, 2.75) is 18.9 Å². The van der Waals surface area contributed by atoms with Gasteiger partial charge in [-0.1, -0.05) is 18.2 Å².